The van der Waals surface area contributed by atoms with Crippen molar-refractivity contribution in [3.63, 3.8) is 0 Å². The maximum atomic E-state index is 12.1. The zero-order valence-corrected chi connectivity index (χ0v) is 12.9. The number of nitrogens with one attached hydrogen (secondary N) is 2. The van der Waals surface area contributed by atoms with Crippen molar-refractivity contribution in [2.24, 2.45) is 0 Å². The third-order valence-corrected chi connectivity index (χ3v) is 4.15. The van der Waals surface area contributed by atoms with Crippen LogP contribution in [0.4, 0.5) is 0 Å². The van der Waals surface area contributed by atoms with Crippen LogP contribution in [-0.4, -0.2) is 19.9 Å². The normalized spacial score (nSPS) is 12.5. The topological polar surface area (TPSA) is 91.5 Å². The summed E-state index contributed by atoms with van der Waals surface area (Å²) in [6, 6.07) is 8.62. The maximum Gasteiger partial charge on any atom is 0.258 e. The van der Waals surface area contributed by atoms with E-state index in [0.29, 0.717) is 27.6 Å². The molecule has 3 rings (SSSR count). The number of H-pyrrole nitrogens is 2. The fraction of sp³-hybridized carbons (Fsp3) is 0.200. The van der Waals surface area contributed by atoms with Crippen LogP contribution in [-0.2, 0) is 0 Å². The second kappa shape index (κ2) is 5.76. The van der Waals surface area contributed by atoms with Gasteiger partial charge in [0.15, 0.2) is 5.16 Å². The fourth-order valence-electron chi connectivity index (χ4n) is 2.13. The monoisotopic (exact) mass is 314 g/mol. The van der Waals surface area contributed by atoms with Crippen LogP contribution in [0.25, 0.3) is 10.9 Å². The number of thioether (sulfide) groups is 1. The van der Waals surface area contributed by atoms with Crippen LogP contribution in [0.2, 0.25) is 0 Å². The average Bonchev–Trinajstić information content (AvgIpc) is 2.46. The summed E-state index contributed by atoms with van der Waals surface area (Å²) in [6.45, 7) is 3.67. The number of nitrogens with zero attached hydrogens (tertiary/aromatic N) is 2. The Bertz CT molecular complexity index is 948. The number of fused-ring (bicyclic) bond motifs is 1. The largest absolute Gasteiger partial charge is 0.309 e. The van der Waals surface area contributed by atoms with E-state index in [1.165, 1.54) is 17.8 Å². The molecule has 6 nitrogen and oxygen atoms in total. The molecule has 0 fully saturated rings. The summed E-state index contributed by atoms with van der Waals surface area (Å²) in [5.74, 6) is 0.554. The van der Waals surface area contributed by atoms with E-state index in [4.69, 9.17) is 0 Å². The molecule has 0 unspecified atom stereocenters. The Labute approximate surface area is 130 Å². The van der Waals surface area contributed by atoms with Gasteiger partial charge in [0.2, 0.25) is 0 Å². The van der Waals surface area contributed by atoms with Gasteiger partial charge in [0.1, 0.15) is 5.82 Å². The molecule has 2 heterocycles. The smallest absolute Gasteiger partial charge is 0.258 e. The van der Waals surface area contributed by atoms with E-state index in [1.807, 2.05) is 13.0 Å². The Morgan fingerprint density at radius 1 is 1.14 bits per heavy atom. The molecule has 7 heteroatoms. The van der Waals surface area contributed by atoms with Crippen molar-refractivity contribution in [1.82, 2.24) is 19.9 Å². The molecule has 0 aliphatic carbocycles. The second-order valence-electron chi connectivity index (χ2n) is 4.92. The van der Waals surface area contributed by atoms with E-state index >= 15 is 0 Å². The molecular formula is C15H14N4O2S. The number of rotatable bonds is 3. The number of hydrogen-bond acceptors (Lipinski definition) is 5. The van der Waals surface area contributed by atoms with Crippen molar-refractivity contribution in [3.05, 3.63) is 62.6 Å². The summed E-state index contributed by atoms with van der Waals surface area (Å²) >= 11 is 1.34. The summed E-state index contributed by atoms with van der Waals surface area (Å²) in [5.41, 5.74) is 0.943. The first-order chi connectivity index (χ1) is 10.5. The Kier molecular flexibility index (Phi) is 3.81. The zero-order valence-electron chi connectivity index (χ0n) is 12.1. The standard InChI is InChI=1S/C15H14N4O2S/c1-8-7-12(20)18-15(16-8)22-9(2)13-17-11-6-4-3-5-10(11)14(21)19-13/h3-7,9H,1-2H3,(H,16,18,20)(H,17,19,21)/t9-/m1/s1. The van der Waals surface area contributed by atoms with Gasteiger partial charge in [0.25, 0.3) is 11.1 Å². The molecule has 0 saturated carbocycles. The van der Waals surface area contributed by atoms with Crippen molar-refractivity contribution in [2.45, 2.75) is 24.3 Å². The number of aromatic nitrogens is 4. The van der Waals surface area contributed by atoms with E-state index in [0.717, 1.165) is 0 Å². The molecule has 0 aliphatic rings. The highest BCUT2D eigenvalue weighted by molar-refractivity contribution is 7.99. The average molecular weight is 314 g/mol. The number of aryl methyl sites for hydroxylation is 1. The van der Waals surface area contributed by atoms with E-state index in [9.17, 15) is 9.59 Å². The Morgan fingerprint density at radius 2 is 1.91 bits per heavy atom. The second-order valence-corrected chi connectivity index (χ2v) is 6.25. The van der Waals surface area contributed by atoms with E-state index < -0.39 is 0 Å². The van der Waals surface area contributed by atoms with Gasteiger partial charge in [-0.3, -0.25) is 9.59 Å². The molecule has 112 valence electrons. The molecule has 2 N–H and O–H groups in total. The summed E-state index contributed by atoms with van der Waals surface area (Å²) in [5, 5.41) is 0.918. The van der Waals surface area contributed by atoms with Crippen molar-refractivity contribution in [1.29, 1.82) is 0 Å². The predicted molar refractivity (Wildman–Crippen MR) is 86.2 cm³/mol. The van der Waals surface area contributed by atoms with E-state index in [-0.39, 0.29) is 16.4 Å². The molecule has 0 bridgehead atoms. The molecule has 2 aromatic heterocycles. The van der Waals surface area contributed by atoms with Gasteiger partial charge in [-0.1, -0.05) is 23.9 Å². The summed E-state index contributed by atoms with van der Waals surface area (Å²) < 4.78 is 0. The Morgan fingerprint density at radius 3 is 2.68 bits per heavy atom. The van der Waals surface area contributed by atoms with Crippen LogP contribution in [0.1, 0.15) is 23.7 Å². The number of benzene rings is 1. The van der Waals surface area contributed by atoms with Gasteiger partial charge in [-0.25, -0.2) is 9.97 Å². The van der Waals surface area contributed by atoms with Gasteiger partial charge in [0, 0.05) is 11.8 Å². The first-order valence-corrected chi connectivity index (χ1v) is 7.64. The predicted octanol–water partition coefficient (Wildman–Crippen LogP) is 2.17. The van der Waals surface area contributed by atoms with Crippen LogP contribution in [0.3, 0.4) is 0 Å². The zero-order chi connectivity index (χ0) is 15.7. The van der Waals surface area contributed by atoms with Gasteiger partial charge >= 0.3 is 0 Å². The highest BCUT2D eigenvalue weighted by Crippen LogP contribution is 2.30. The Hall–Kier alpha value is -2.41. The first-order valence-electron chi connectivity index (χ1n) is 6.76. The summed E-state index contributed by atoms with van der Waals surface area (Å²) in [4.78, 5) is 37.8. The SMILES string of the molecule is Cc1cc(=O)[nH]c(S[C@H](C)c2nc3ccccc3c(=O)[nH]2)n1. The molecule has 0 spiro atoms. The van der Waals surface area contributed by atoms with Crippen LogP contribution in [0.15, 0.2) is 45.1 Å². The van der Waals surface area contributed by atoms with Crippen LogP contribution in [0, 0.1) is 6.92 Å². The number of aromatic amines is 2. The molecule has 1 aromatic carbocycles. The lowest BCUT2D eigenvalue weighted by molar-refractivity contribution is 0.876. The van der Waals surface area contributed by atoms with Crippen molar-refractivity contribution < 1.29 is 0 Å². The third-order valence-electron chi connectivity index (χ3n) is 3.15. The minimum Gasteiger partial charge on any atom is -0.309 e. The fourth-order valence-corrected chi connectivity index (χ4v) is 3.04. The number of para-hydroxylation sites is 1. The molecular weight excluding hydrogens is 300 g/mol. The minimum atomic E-state index is -0.192. The van der Waals surface area contributed by atoms with Crippen molar-refractivity contribution in [3.8, 4) is 0 Å². The lowest BCUT2D eigenvalue weighted by Crippen LogP contribution is -2.13. The molecule has 0 saturated heterocycles. The molecule has 22 heavy (non-hydrogen) atoms. The van der Waals surface area contributed by atoms with Gasteiger partial charge in [-0.2, -0.15) is 0 Å². The maximum absolute atomic E-state index is 12.1. The Balaban J connectivity index is 1.96. The van der Waals surface area contributed by atoms with Gasteiger partial charge in [-0.15, -0.1) is 0 Å². The number of hydrogen-bond donors (Lipinski definition) is 2. The highest BCUT2D eigenvalue weighted by atomic mass is 32.2. The van der Waals surface area contributed by atoms with Crippen molar-refractivity contribution >= 4 is 22.7 Å². The van der Waals surface area contributed by atoms with E-state index in [2.05, 4.69) is 19.9 Å². The van der Waals surface area contributed by atoms with Crippen LogP contribution < -0.4 is 11.1 Å². The van der Waals surface area contributed by atoms with Crippen LogP contribution in [0.5, 0.6) is 0 Å². The van der Waals surface area contributed by atoms with Crippen LogP contribution >= 0.6 is 11.8 Å². The van der Waals surface area contributed by atoms with Crippen molar-refractivity contribution in [2.75, 3.05) is 0 Å². The molecule has 0 radical (unpaired) electrons. The van der Waals surface area contributed by atoms with Gasteiger partial charge < -0.3 is 9.97 Å². The van der Waals surface area contributed by atoms with Gasteiger partial charge in [0.05, 0.1) is 16.2 Å². The minimum absolute atomic E-state index is 0.151. The molecule has 1 atom stereocenters. The molecule has 0 amide bonds. The van der Waals surface area contributed by atoms with E-state index in [1.54, 1.807) is 25.1 Å². The lowest BCUT2D eigenvalue weighted by Gasteiger charge is -2.10. The summed E-state index contributed by atoms with van der Waals surface area (Å²) in [7, 11) is 0. The van der Waals surface area contributed by atoms with Gasteiger partial charge in [-0.05, 0) is 26.0 Å². The lowest BCUT2D eigenvalue weighted by atomic mass is 10.2. The third kappa shape index (κ3) is 2.94. The first kappa shape index (κ1) is 14.5. The molecule has 3 aromatic rings. The summed E-state index contributed by atoms with van der Waals surface area (Å²) in [6.07, 6.45) is 0. The molecule has 0 aliphatic heterocycles. The quantitative estimate of drug-likeness (QED) is 0.571. The highest BCUT2D eigenvalue weighted by Gasteiger charge is 2.13.